The van der Waals surface area contributed by atoms with Gasteiger partial charge in [0.25, 0.3) is 0 Å². The van der Waals surface area contributed by atoms with E-state index in [-0.39, 0.29) is 73.8 Å². The van der Waals surface area contributed by atoms with Gasteiger partial charge in [0.05, 0.1) is 22.3 Å². The summed E-state index contributed by atoms with van der Waals surface area (Å²) in [6.07, 6.45) is 1.83. The molecule has 11 nitrogen and oxygen atoms in total. The average Bonchev–Trinajstić information content (AvgIpc) is 3.25. The fourth-order valence-electron chi connectivity index (χ4n) is 5.95. The van der Waals surface area contributed by atoms with Crippen molar-refractivity contribution in [1.82, 2.24) is 0 Å². The minimum Gasteiger partial charge on any atom is -0.507 e. The van der Waals surface area contributed by atoms with Gasteiger partial charge in [-0.1, -0.05) is 84.4 Å². The van der Waals surface area contributed by atoms with Crippen molar-refractivity contribution in [3.05, 3.63) is 195 Å². The van der Waals surface area contributed by atoms with Crippen LogP contribution in [0.4, 0.5) is 0 Å². The van der Waals surface area contributed by atoms with Crippen LogP contribution >= 0.6 is 0 Å². The summed E-state index contributed by atoms with van der Waals surface area (Å²) in [7, 11) is 0. The minimum absolute atomic E-state index is 0.0335. The number of fused-ring (bicyclic) bond motifs is 1. The number of carbonyl (C=O) groups is 4. The molecule has 6 aromatic carbocycles. The number of hydrogen-bond acceptors (Lipinski definition) is 11. The first-order valence-electron chi connectivity index (χ1n) is 18.3. The van der Waals surface area contributed by atoms with Crippen molar-refractivity contribution in [2.75, 3.05) is 0 Å². The molecule has 0 amide bonds. The van der Waals surface area contributed by atoms with E-state index in [1.54, 1.807) is 103 Å². The Bertz CT molecular complexity index is 2790. The van der Waals surface area contributed by atoms with E-state index in [4.69, 9.17) is 23.4 Å². The van der Waals surface area contributed by atoms with E-state index in [9.17, 15) is 29.1 Å². The first-order chi connectivity index (χ1) is 28.6. The summed E-state index contributed by atoms with van der Waals surface area (Å²) in [5.41, 5.74) is 0.586. The number of carbonyl (C=O) groups excluding carboxylic acids is 4. The zero-order chi connectivity index (χ0) is 41.5. The van der Waals surface area contributed by atoms with Gasteiger partial charge in [0.1, 0.15) is 22.5 Å². The van der Waals surface area contributed by atoms with Gasteiger partial charge >= 0.3 is 23.9 Å². The quantitative estimate of drug-likeness (QED) is 0.0757. The van der Waals surface area contributed by atoms with Crippen molar-refractivity contribution in [2.45, 2.75) is 20.3 Å². The molecule has 0 atom stereocenters. The summed E-state index contributed by atoms with van der Waals surface area (Å²) in [5.74, 6) is -5.20. The average molecular weight is 787 g/mol. The molecule has 59 heavy (non-hydrogen) atoms. The van der Waals surface area contributed by atoms with Crippen molar-refractivity contribution in [1.29, 1.82) is 0 Å². The Labute approximate surface area is 337 Å². The van der Waals surface area contributed by atoms with Crippen LogP contribution in [0.2, 0.25) is 0 Å². The lowest BCUT2D eigenvalue weighted by atomic mass is 10.0. The highest BCUT2D eigenvalue weighted by Crippen LogP contribution is 2.42. The van der Waals surface area contributed by atoms with Crippen molar-refractivity contribution >= 4 is 34.8 Å². The van der Waals surface area contributed by atoms with Crippen LogP contribution in [-0.2, 0) is 6.42 Å². The van der Waals surface area contributed by atoms with Crippen molar-refractivity contribution in [3.63, 3.8) is 0 Å². The summed E-state index contributed by atoms with van der Waals surface area (Å²) in [6.45, 7) is 3.68. The van der Waals surface area contributed by atoms with Gasteiger partial charge in [-0.2, -0.15) is 0 Å². The second-order valence-corrected chi connectivity index (χ2v) is 13.3. The third-order valence-electron chi connectivity index (χ3n) is 8.94. The topological polar surface area (TPSA) is 156 Å². The molecule has 1 aromatic heterocycles. The normalized spacial score (nSPS) is 10.7. The molecule has 0 radical (unpaired) electrons. The number of benzene rings is 6. The van der Waals surface area contributed by atoms with E-state index in [1.165, 1.54) is 48.5 Å². The maximum atomic E-state index is 14.6. The van der Waals surface area contributed by atoms with Crippen molar-refractivity contribution in [3.8, 4) is 40.1 Å². The van der Waals surface area contributed by atoms with Gasteiger partial charge in [-0.3, -0.25) is 4.79 Å². The molecule has 0 aliphatic heterocycles. The first kappa shape index (κ1) is 39.2. The largest absolute Gasteiger partial charge is 0.507 e. The molecule has 1 N–H and O–H groups in total. The van der Waals surface area contributed by atoms with Crippen LogP contribution < -0.4 is 24.4 Å². The fraction of sp³-hybridized carbons (Fsp3) is 0.0625. The van der Waals surface area contributed by atoms with Gasteiger partial charge < -0.3 is 28.5 Å². The van der Waals surface area contributed by atoms with Gasteiger partial charge in [-0.25, -0.2) is 19.2 Å². The van der Waals surface area contributed by atoms with Crippen LogP contribution in [-0.4, -0.2) is 29.0 Å². The maximum Gasteiger partial charge on any atom is 0.343 e. The Morgan fingerprint density at radius 1 is 0.559 bits per heavy atom. The highest BCUT2D eigenvalue weighted by molar-refractivity contribution is 5.97. The first-order valence-corrected chi connectivity index (χ1v) is 18.3. The molecule has 0 fully saturated rings. The summed E-state index contributed by atoms with van der Waals surface area (Å²) in [4.78, 5) is 68.0. The number of aromatic hydroxyl groups is 1. The Balaban J connectivity index is 1.42. The molecule has 0 unspecified atom stereocenters. The molecule has 7 rings (SSSR count). The lowest BCUT2D eigenvalue weighted by Crippen LogP contribution is -2.17. The summed E-state index contributed by atoms with van der Waals surface area (Å²) in [5, 5.41) is 11.4. The van der Waals surface area contributed by atoms with Crippen LogP contribution in [0.25, 0.3) is 22.3 Å². The predicted molar refractivity (Wildman–Crippen MR) is 218 cm³/mol. The molecule has 7 aromatic rings. The number of ether oxygens (including phenoxy) is 4. The molecule has 0 bridgehead atoms. The Morgan fingerprint density at radius 3 is 1.47 bits per heavy atom. The van der Waals surface area contributed by atoms with Gasteiger partial charge in [0.15, 0.2) is 17.3 Å². The second kappa shape index (κ2) is 17.4. The SMILES string of the molecule is CC(C)=CCc1c(OC(=O)c2ccccc2)cc2oc(-c3ccc(OC(=O)c4ccccc4)c(OC(=O)c4ccccc4)c3)c(OC(=O)c3ccccc3)c(=O)c2c1O. The summed E-state index contributed by atoms with van der Waals surface area (Å²) < 4.78 is 29.4. The van der Waals surface area contributed by atoms with Gasteiger partial charge in [0.2, 0.25) is 11.2 Å². The van der Waals surface area contributed by atoms with E-state index in [1.807, 2.05) is 13.8 Å². The number of phenols is 1. The fourth-order valence-corrected chi connectivity index (χ4v) is 5.95. The second-order valence-electron chi connectivity index (χ2n) is 13.3. The van der Waals surface area contributed by atoms with Gasteiger partial charge in [0, 0.05) is 17.2 Å². The van der Waals surface area contributed by atoms with E-state index in [2.05, 4.69) is 0 Å². The highest BCUT2D eigenvalue weighted by atomic mass is 16.6. The zero-order valence-electron chi connectivity index (χ0n) is 31.7. The number of esters is 4. The highest BCUT2D eigenvalue weighted by Gasteiger charge is 2.28. The lowest BCUT2D eigenvalue weighted by molar-refractivity contribution is 0.0682. The Hall–Kier alpha value is -8.05. The van der Waals surface area contributed by atoms with E-state index in [0.717, 1.165) is 5.57 Å². The minimum atomic E-state index is -0.940. The van der Waals surface area contributed by atoms with Crippen LogP contribution in [0, 0.1) is 0 Å². The molecule has 1 heterocycles. The van der Waals surface area contributed by atoms with Crippen LogP contribution in [0.5, 0.6) is 28.7 Å². The molecule has 0 saturated heterocycles. The monoisotopic (exact) mass is 786 g/mol. The Kier molecular flexibility index (Phi) is 11.6. The summed E-state index contributed by atoms with van der Waals surface area (Å²) >= 11 is 0. The molecular weight excluding hydrogens is 753 g/mol. The van der Waals surface area contributed by atoms with Crippen LogP contribution in [0.3, 0.4) is 0 Å². The molecule has 292 valence electrons. The maximum absolute atomic E-state index is 14.6. The standard InChI is InChI=1S/C48H34O11/c1-29(2)23-25-35-37(57-46(52)31-17-9-4-10-18-31)28-39-40(41(35)49)42(50)44(59-48(54)33-21-13-6-14-22-33)43(55-39)34-24-26-36(56-45(51)30-15-7-3-8-16-30)38(27-34)58-47(53)32-19-11-5-12-20-32/h3-24,26-28,49H,25H2,1-2H3. The van der Waals surface area contributed by atoms with Crippen molar-refractivity contribution < 1.29 is 47.6 Å². The zero-order valence-corrected chi connectivity index (χ0v) is 31.7. The number of rotatable bonds is 11. The Morgan fingerprint density at radius 2 is 1.00 bits per heavy atom. The van der Waals surface area contributed by atoms with Gasteiger partial charge in [-0.05, 0) is 87.0 Å². The smallest absolute Gasteiger partial charge is 0.343 e. The molecule has 0 aliphatic carbocycles. The number of hydrogen-bond donors (Lipinski definition) is 1. The van der Waals surface area contributed by atoms with Crippen LogP contribution in [0.15, 0.2) is 166 Å². The van der Waals surface area contributed by atoms with Gasteiger partial charge in [-0.15, -0.1) is 0 Å². The number of phenolic OH excluding ortho intramolecular Hbond substituents is 1. The molecule has 0 saturated carbocycles. The van der Waals surface area contributed by atoms with E-state index in [0.29, 0.717) is 0 Å². The lowest BCUT2D eigenvalue weighted by Gasteiger charge is -2.16. The summed E-state index contributed by atoms with van der Waals surface area (Å²) in [6, 6.07) is 37.6. The van der Waals surface area contributed by atoms with Crippen LogP contribution in [0.1, 0.15) is 60.8 Å². The van der Waals surface area contributed by atoms with Crippen molar-refractivity contribution in [2.24, 2.45) is 0 Å². The molecule has 11 heteroatoms. The van der Waals surface area contributed by atoms with E-state index < -0.39 is 40.8 Å². The number of allylic oxidation sites excluding steroid dienone is 2. The predicted octanol–water partition coefficient (Wildman–Crippen LogP) is 9.55. The van der Waals surface area contributed by atoms with E-state index >= 15 is 0 Å². The molecule has 0 aliphatic rings. The molecule has 0 spiro atoms. The third kappa shape index (κ3) is 8.84. The molecular formula is C48H34O11. The third-order valence-corrected chi connectivity index (χ3v) is 8.94.